The standard InChI is InChI=1S/C18H27NO3S/c1-13(2)15(23-12-14-8-6-5-7-9-14)16(20)19-11-10-18(3,4)17(21)22/h5-9,13,15H,10-12H2,1-4H3,(H,19,20)(H,21,22). The molecule has 0 saturated heterocycles. The molecule has 0 heterocycles. The molecule has 5 heteroatoms. The van der Waals surface area contributed by atoms with E-state index in [-0.39, 0.29) is 17.1 Å². The van der Waals surface area contributed by atoms with Gasteiger partial charge in [-0.15, -0.1) is 11.8 Å². The van der Waals surface area contributed by atoms with Crippen molar-refractivity contribution in [2.75, 3.05) is 6.54 Å². The summed E-state index contributed by atoms with van der Waals surface area (Å²) in [5.41, 5.74) is 0.376. The summed E-state index contributed by atoms with van der Waals surface area (Å²) < 4.78 is 0. The molecule has 0 aliphatic carbocycles. The zero-order chi connectivity index (χ0) is 17.5. The topological polar surface area (TPSA) is 66.4 Å². The summed E-state index contributed by atoms with van der Waals surface area (Å²) >= 11 is 1.63. The molecule has 0 spiro atoms. The van der Waals surface area contributed by atoms with E-state index in [0.717, 1.165) is 5.75 Å². The van der Waals surface area contributed by atoms with Gasteiger partial charge in [-0.25, -0.2) is 0 Å². The minimum absolute atomic E-state index is 0.0119. The van der Waals surface area contributed by atoms with Crippen LogP contribution in [0.25, 0.3) is 0 Å². The highest BCUT2D eigenvalue weighted by Crippen LogP contribution is 2.24. The Morgan fingerprint density at radius 2 is 1.83 bits per heavy atom. The summed E-state index contributed by atoms with van der Waals surface area (Å²) in [6.45, 7) is 7.79. The number of carbonyl (C=O) groups is 2. The molecule has 0 aliphatic heterocycles. The van der Waals surface area contributed by atoms with E-state index in [1.165, 1.54) is 5.56 Å². The first-order valence-corrected chi connectivity index (χ1v) is 8.95. The Balaban J connectivity index is 2.50. The molecule has 1 amide bonds. The van der Waals surface area contributed by atoms with Crippen molar-refractivity contribution in [3.63, 3.8) is 0 Å². The Kier molecular flexibility index (Phi) is 7.62. The molecule has 0 bridgehead atoms. The Labute approximate surface area is 143 Å². The van der Waals surface area contributed by atoms with Gasteiger partial charge in [0.1, 0.15) is 0 Å². The van der Waals surface area contributed by atoms with Crippen LogP contribution < -0.4 is 5.32 Å². The third-order valence-electron chi connectivity index (χ3n) is 3.76. The first kappa shape index (κ1) is 19.6. The summed E-state index contributed by atoms with van der Waals surface area (Å²) in [6.07, 6.45) is 0.419. The molecule has 1 aromatic carbocycles. The molecule has 128 valence electrons. The lowest BCUT2D eigenvalue weighted by Crippen LogP contribution is -2.38. The van der Waals surface area contributed by atoms with E-state index in [1.807, 2.05) is 32.0 Å². The van der Waals surface area contributed by atoms with Gasteiger partial charge in [0.15, 0.2) is 0 Å². The fourth-order valence-corrected chi connectivity index (χ4v) is 3.22. The monoisotopic (exact) mass is 337 g/mol. The second kappa shape index (κ2) is 8.96. The molecular formula is C18H27NO3S. The van der Waals surface area contributed by atoms with E-state index in [9.17, 15) is 9.59 Å². The van der Waals surface area contributed by atoms with E-state index >= 15 is 0 Å². The van der Waals surface area contributed by atoms with Crippen LogP contribution in [0.5, 0.6) is 0 Å². The predicted molar refractivity (Wildman–Crippen MR) is 95.4 cm³/mol. The fourth-order valence-electron chi connectivity index (χ4n) is 2.04. The van der Waals surface area contributed by atoms with Crippen molar-refractivity contribution in [2.24, 2.45) is 11.3 Å². The largest absolute Gasteiger partial charge is 0.481 e. The number of aliphatic carboxylic acids is 1. The minimum Gasteiger partial charge on any atom is -0.481 e. The summed E-state index contributed by atoms with van der Waals surface area (Å²) in [4.78, 5) is 23.5. The zero-order valence-electron chi connectivity index (χ0n) is 14.3. The van der Waals surface area contributed by atoms with E-state index in [2.05, 4.69) is 17.4 Å². The first-order chi connectivity index (χ1) is 10.7. The molecular weight excluding hydrogens is 310 g/mol. The number of thioether (sulfide) groups is 1. The predicted octanol–water partition coefficient (Wildman–Crippen LogP) is 3.56. The number of benzene rings is 1. The SMILES string of the molecule is CC(C)C(SCc1ccccc1)C(=O)NCCC(C)(C)C(=O)O. The average molecular weight is 337 g/mol. The number of nitrogens with one attached hydrogen (secondary N) is 1. The second-order valence-electron chi connectivity index (χ2n) is 6.69. The number of hydrogen-bond donors (Lipinski definition) is 2. The molecule has 1 aromatic rings. The van der Waals surface area contributed by atoms with Crippen molar-refractivity contribution >= 4 is 23.6 Å². The Bertz CT molecular complexity index is 514. The van der Waals surface area contributed by atoms with Crippen LogP contribution in [0.2, 0.25) is 0 Å². The number of amides is 1. The molecule has 1 rings (SSSR count). The maximum atomic E-state index is 12.4. The Hall–Kier alpha value is -1.49. The average Bonchev–Trinajstić information content (AvgIpc) is 2.47. The van der Waals surface area contributed by atoms with Gasteiger partial charge < -0.3 is 10.4 Å². The third kappa shape index (κ3) is 6.65. The van der Waals surface area contributed by atoms with E-state index in [1.54, 1.807) is 25.6 Å². The van der Waals surface area contributed by atoms with E-state index in [0.29, 0.717) is 13.0 Å². The van der Waals surface area contributed by atoms with Gasteiger partial charge in [-0.1, -0.05) is 44.2 Å². The molecule has 23 heavy (non-hydrogen) atoms. The lowest BCUT2D eigenvalue weighted by molar-refractivity contribution is -0.147. The maximum absolute atomic E-state index is 12.4. The van der Waals surface area contributed by atoms with Crippen molar-refractivity contribution in [1.82, 2.24) is 5.32 Å². The van der Waals surface area contributed by atoms with Crippen molar-refractivity contribution < 1.29 is 14.7 Å². The third-order valence-corrected chi connectivity index (χ3v) is 5.38. The number of carbonyl (C=O) groups excluding carboxylic acids is 1. The summed E-state index contributed by atoms with van der Waals surface area (Å²) in [6, 6.07) is 10.1. The molecule has 0 saturated carbocycles. The van der Waals surface area contributed by atoms with Gasteiger partial charge in [0.2, 0.25) is 5.91 Å². The van der Waals surface area contributed by atoms with Gasteiger partial charge in [0.25, 0.3) is 0 Å². The van der Waals surface area contributed by atoms with Crippen LogP contribution in [0.4, 0.5) is 0 Å². The zero-order valence-corrected chi connectivity index (χ0v) is 15.2. The van der Waals surface area contributed by atoms with Gasteiger partial charge >= 0.3 is 5.97 Å². The molecule has 0 aliphatic rings. The highest BCUT2D eigenvalue weighted by Gasteiger charge is 2.28. The molecule has 0 fully saturated rings. The van der Waals surface area contributed by atoms with Crippen LogP contribution in [0.1, 0.15) is 39.7 Å². The smallest absolute Gasteiger partial charge is 0.309 e. The summed E-state index contributed by atoms with van der Waals surface area (Å²) in [5.74, 6) is 0.154. The van der Waals surface area contributed by atoms with Crippen LogP contribution in [0, 0.1) is 11.3 Å². The normalized spacial score (nSPS) is 12.9. The highest BCUT2D eigenvalue weighted by atomic mass is 32.2. The molecule has 0 radical (unpaired) electrons. The van der Waals surface area contributed by atoms with Crippen molar-refractivity contribution in [2.45, 2.75) is 45.1 Å². The fraction of sp³-hybridized carbons (Fsp3) is 0.556. The number of hydrogen-bond acceptors (Lipinski definition) is 3. The quantitative estimate of drug-likeness (QED) is 0.723. The van der Waals surface area contributed by atoms with E-state index < -0.39 is 11.4 Å². The van der Waals surface area contributed by atoms with Gasteiger partial charge in [0, 0.05) is 12.3 Å². The second-order valence-corrected chi connectivity index (χ2v) is 7.82. The molecule has 1 unspecified atom stereocenters. The van der Waals surface area contributed by atoms with Gasteiger partial charge in [-0.05, 0) is 31.7 Å². The van der Waals surface area contributed by atoms with Crippen LogP contribution >= 0.6 is 11.8 Å². The van der Waals surface area contributed by atoms with Crippen molar-refractivity contribution in [3.05, 3.63) is 35.9 Å². The highest BCUT2D eigenvalue weighted by molar-refractivity contribution is 7.99. The van der Waals surface area contributed by atoms with Gasteiger partial charge in [0.05, 0.1) is 10.7 Å². The van der Waals surface area contributed by atoms with Gasteiger partial charge in [-0.2, -0.15) is 0 Å². The van der Waals surface area contributed by atoms with Crippen LogP contribution in [-0.2, 0) is 15.3 Å². The molecule has 2 N–H and O–H groups in total. The van der Waals surface area contributed by atoms with Gasteiger partial charge in [-0.3, -0.25) is 9.59 Å². The number of carboxylic acid groups (broad SMARTS) is 1. The minimum atomic E-state index is -0.842. The Morgan fingerprint density at radius 1 is 1.22 bits per heavy atom. The number of rotatable bonds is 9. The van der Waals surface area contributed by atoms with Crippen LogP contribution in [-0.4, -0.2) is 28.8 Å². The Morgan fingerprint density at radius 3 is 2.35 bits per heavy atom. The lowest BCUT2D eigenvalue weighted by atomic mass is 9.89. The van der Waals surface area contributed by atoms with Crippen LogP contribution in [0.3, 0.4) is 0 Å². The van der Waals surface area contributed by atoms with Crippen molar-refractivity contribution in [1.29, 1.82) is 0 Å². The summed E-state index contributed by atoms with van der Waals surface area (Å²) in [7, 11) is 0. The van der Waals surface area contributed by atoms with E-state index in [4.69, 9.17) is 5.11 Å². The van der Waals surface area contributed by atoms with Crippen molar-refractivity contribution in [3.8, 4) is 0 Å². The number of carboxylic acids is 1. The molecule has 0 aromatic heterocycles. The molecule has 4 nitrogen and oxygen atoms in total. The maximum Gasteiger partial charge on any atom is 0.309 e. The molecule has 1 atom stereocenters. The first-order valence-electron chi connectivity index (χ1n) is 7.90. The lowest BCUT2D eigenvalue weighted by Gasteiger charge is -2.22. The van der Waals surface area contributed by atoms with Crippen LogP contribution in [0.15, 0.2) is 30.3 Å². The summed E-state index contributed by atoms with van der Waals surface area (Å²) in [5, 5.41) is 11.8.